The van der Waals surface area contributed by atoms with Crippen molar-refractivity contribution in [3.63, 3.8) is 0 Å². The molecular formula is C52H34N2S. The average molecular weight is 719 g/mol. The van der Waals surface area contributed by atoms with Gasteiger partial charge in [-0.2, -0.15) is 0 Å². The lowest BCUT2D eigenvalue weighted by molar-refractivity contribution is 1.18. The Morgan fingerprint density at radius 3 is 1.80 bits per heavy atom. The Bertz CT molecular complexity index is 3180. The molecule has 0 atom stereocenters. The molecule has 0 aliphatic carbocycles. The third-order valence-corrected chi connectivity index (χ3v) is 12.2. The Morgan fingerprint density at radius 1 is 0.364 bits per heavy atom. The maximum Gasteiger partial charge on any atom is 0.0640 e. The first-order valence-corrected chi connectivity index (χ1v) is 19.6. The fourth-order valence-electron chi connectivity index (χ4n) is 8.39. The first kappa shape index (κ1) is 31.6. The van der Waals surface area contributed by atoms with E-state index >= 15 is 0 Å². The molecule has 11 rings (SSSR count). The lowest BCUT2D eigenvalue weighted by Crippen LogP contribution is -2.10. The van der Waals surface area contributed by atoms with Crippen LogP contribution >= 0.6 is 11.3 Å². The van der Waals surface area contributed by atoms with Crippen LogP contribution in [-0.2, 0) is 0 Å². The van der Waals surface area contributed by atoms with Gasteiger partial charge < -0.3 is 9.47 Å². The highest BCUT2D eigenvalue weighted by molar-refractivity contribution is 7.26. The van der Waals surface area contributed by atoms with Crippen LogP contribution in [0.1, 0.15) is 0 Å². The number of rotatable bonds is 6. The van der Waals surface area contributed by atoms with Crippen LogP contribution in [0.2, 0.25) is 0 Å². The highest BCUT2D eigenvalue weighted by Gasteiger charge is 2.20. The molecule has 0 amide bonds. The van der Waals surface area contributed by atoms with E-state index in [1.165, 1.54) is 86.4 Å². The molecule has 0 radical (unpaired) electrons. The molecule has 0 unspecified atom stereocenters. The molecule has 0 spiro atoms. The number of nitrogens with zero attached hydrogens (tertiary/aromatic N) is 2. The van der Waals surface area contributed by atoms with Crippen molar-refractivity contribution in [2.75, 3.05) is 4.90 Å². The number of hydrogen-bond acceptors (Lipinski definition) is 2. The second kappa shape index (κ2) is 12.9. The second-order valence-corrected chi connectivity index (χ2v) is 15.2. The van der Waals surface area contributed by atoms with Crippen LogP contribution in [0.15, 0.2) is 206 Å². The molecule has 0 N–H and O–H groups in total. The second-order valence-electron chi connectivity index (χ2n) is 14.1. The molecule has 55 heavy (non-hydrogen) atoms. The predicted octanol–water partition coefficient (Wildman–Crippen LogP) is 15.1. The van der Waals surface area contributed by atoms with Gasteiger partial charge in [-0.15, -0.1) is 11.3 Å². The predicted molar refractivity (Wildman–Crippen MR) is 237 cm³/mol. The highest BCUT2D eigenvalue weighted by Crippen LogP contribution is 2.46. The van der Waals surface area contributed by atoms with E-state index in [4.69, 9.17) is 0 Å². The SMILES string of the molecule is c1ccc(-c2ccc(-n3c4ccccc4c4cc(-c5ccc(N(c6cccc7ccccc67)c6cccc7c6sc6ccccc67)cc5)ccc43)cc2)cc1. The van der Waals surface area contributed by atoms with E-state index in [1.807, 2.05) is 11.3 Å². The van der Waals surface area contributed by atoms with Gasteiger partial charge in [-0.1, -0.05) is 146 Å². The molecular weight excluding hydrogens is 685 g/mol. The monoisotopic (exact) mass is 718 g/mol. The maximum absolute atomic E-state index is 2.45. The lowest BCUT2D eigenvalue weighted by Gasteiger charge is -2.27. The number of fused-ring (bicyclic) bond motifs is 7. The van der Waals surface area contributed by atoms with Gasteiger partial charge in [-0.25, -0.2) is 0 Å². The largest absolute Gasteiger partial charge is 0.309 e. The number of aromatic nitrogens is 1. The van der Waals surface area contributed by atoms with Crippen LogP contribution in [0, 0.1) is 0 Å². The Balaban J connectivity index is 1.03. The zero-order chi connectivity index (χ0) is 36.3. The van der Waals surface area contributed by atoms with Gasteiger partial charge in [0.25, 0.3) is 0 Å². The van der Waals surface area contributed by atoms with Gasteiger partial charge in [-0.3, -0.25) is 0 Å². The molecule has 0 aliphatic rings. The van der Waals surface area contributed by atoms with Gasteiger partial charge in [0, 0.05) is 43.0 Å². The van der Waals surface area contributed by atoms with E-state index in [1.54, 1.807) is 0 Å². The van der Waals surface area contributed by atoms with Crippen LogP contribution in [0.4, 0.5) is 17.1 Å². The van der Waals surface area contributed by atoms with Gasteiger partial charge in [0.05, 0.1) is 27.1 Å². The molecule has 2 nitrogen and oxygen atoms in total. The van der Waals surface area contributed by atoms with Crippen molar-refractivity contribution < 1.29 is 0 Å². The Morgan fingerprint density at radius 2 is 0.945 bits per heavy atom. The summed E-state index contributed by atoms with van der Waals surface area (Å²) in [5.74, 6) is 0. The van der Waals surface area contributed by atoms with Crippen molar-refractivity contribution in [3.05, 3.63) is 206 Å². The molecule has 0 bridgehead atoms. The summed E-state index contributed by atoms with van der Waals surface area (Å²) >= 11 is 1.87. The van der Waals surface area contributed by atoms with E-state index in [-0.39, 0.29) is 0 Å². The van der Waals surface area contributed by atoms with Crippen LogP contribution in [0.25, 0.3) is 80.7 Å². The van der Waals surface area contributed by atoms with E-state index < -0.39 is 0 Å². The minimum atomic E-state index is 1.13. The summed E-state index contributed by atoms with van der Waals surface area (Å²) in [6.45, 7) is 0. The third-order valence-electron chi connectivity index (χ3n) is 11.0. The normalized spacial score (nSPS) is 11.6. The standard InChI is InChI=1S/C52H34N2S/c1-2-12-35(13-3-1)36-24-29-40(30-25-36)53-48-20-8-6-17-43(48)46-34-39(28-33-49(46)53)37-26-31-41(32-27-37)54(47-21-10-15-38-14-4-5-16-42(38)47)50-22-11-19-45-44-18-7-9-23-51(44)55-52(45)50/h1-34H. The van der Waals surface area contributed by atoms with Crippen LogP contribution in [0.5, 0.6) is 0 Å². The summed E-state index contributed by atoms with van der Waals surface area (Å²) in [4.78, 5) is 2.45. The molecule has 2 aromatic heterocycles. The zero-order valence-electron chi connectivity index (χ0n) is 29.9. The van der Waals surface area contributed by atoms with E-state index in [9.17, 15) is 0 Å². The van der Waals surface area contributed by atoms with Crippen LogP contribution < -0.4 is 4.90 Å². The first-order valence-electron chi connectivity index (χ1n) is 18.8. The molecule has 0 saturated heterocycles. The first-order chi connectivity index (χ1) is 27.3. The zero-order valence-corrected chi connectivity index (χ0v) is 30.7. The molecule has 3 heteroatoms. The van der Waals surface area contributed by atoms with E-state index in [0.29, 0.717) is 0 Å². The fraction of sp³-hybridized carbons (Fsp3) is 0. The van der Waals surface area contributed by atoms with Gasteiger partial charge in [0.1, 0.15) is 0 Å². The van der Waals surface area contributed by atoms with Crippen molar-refractivity contribution in [2.45, 2.75) is 0 Å². The maximum atomic E-state index is 2.45. The average Bonchev–Trinajstić information content (AvgIpc) is 3.81. The summed E-state index contributed by atoms with van der Waals surface area (Å²) in [5, 5.41) is 7.55. The summed E-state index contributed by atoms with van der Waals surface area (Å²) in [6, 6.07) is 75.1. The summed E-state index contributed by atoms with van der Waals surface area (Å²) in [6.07, 6.45) is 0. The Hall–Kier alpha value is -6.94. The van der Waals surface area contributed by atoms with E-state index in [2.05, 4.69) is 216 Å². The van der Waals surface area contributed by atoms with Gasteiger partial charge in [-0.05, 0) is 88.3 Å². The number of hydrogen-bond donors (Lipinski definition) is 0. The number of anilines is 3. The minimum Gasteiger partial charge on any atom is -0.309 e. The lowest BCUT2D eigenvalue weighted by atomic mass is 10.0. The molecule has 258 valence electrons. The van der Waals surface area contributed by atoms with Gasteiger partial charge in [0.2, 0.25) is 0 Å². The molecule has 2 heterocycles. The molecule has 0 fully saturated rings. The van der Waals surface area contributed by atoms with Gasteiger partial charge in [0.15, 0.2) is 0 Å². The van der Waals surface area contributed by atoms with Crippen molar-refractivity contribution in [1.29, 1.82) is 0 Å². The third kappa shape index (κ3) is 5.24. The van der Waals surface area contributed by atoms with Crippen molar-refractivity contribution in [2.24, 2.45) is 0 Å². The molecule has 0 saturated carbocycles. The van der Waals surface area contributed by atoms with Crippen molar-refractivity contribution >= 4 is 81.1 Å². The number of benzene rings is 9. The Kier molecular flexibility index (Phi) is 7.39. The minimum absolute atomic E-state index is 1.13. The summed E-state index contributed by atoms with van der Waals surface area (Å²) in [7, 11) is 0. The fourth-order valence-corrected chi connectivity index (χ4v) is 9.59. The number of thiophene rings is 1. The van der Waals surface area contributed by atoms with E-state index in [0.717, 1.165) is 11.4 Å². The quantitative estimate of drug-likeness (QED) is 0.166. The van der Waals surface area contributed by atoms with Crippen molar-refractivity contribution in [1.82, 2.24) is 4.57 Å². The topological polar surface area (TPSA) is 8.17 Å². The molecule has 0 aliphatic heterocycles. The number of para-hydroxylation sites is 1. The van der Waals surface area contributed by atoms with Crippen LogP contribution in [-0.4, -0.2) is 4.57 Å². The smallest absolute Gasteiger partial charge is 0.0640 e. The summed E-state index contributed by atoms with van der Waals surface area (Å²) in [5.41, 5.74) is 11.9. The van der Waals surface area contributed by atoms with Crippen molar-refractivity contribution in [3.8, 4) is 27.9 Å². The van der Waals surface area contributed by atoms with Gasteiger partial charge >= 0.3 is 0 Å². The Labute approximate surface area is 323 Å². The van der Waals surface area contributed by atoms with Crippen LogP contribution in [0.3, 0.4) is 0 Å². The summed E-state index contributed by atoms with van der Waals surface area (Å²) < 4.78 is 4.99. The molecule has 9 aromatic carbocycles. The molecule has 11 aromatic rings. The highest BCUT2D eigenvalue weighted by atomic mass is 32.1.